The van der Waals surface area contributed by atoms with Crippen LogP contribution in [0.1, 0.15) is 0 Å². The molecule has 0 bridgehead atoms. The number of nitrogens with one attached hydrogen (secondary N) is 1. The number of para-hydroxylation sites is 1. The highest BCUT2D eigenvalue weighted by atomic mass is 32.2. The monoisotopic (exact) mass is 308 g/mol. The number of pyridine rings is 1. The number of sulfonamides is 1. The average molecular weight is 308 g/mol. The van der Waals surface area contributed by atoms with Crippen molar-refractivity contribution in [2.24, 2.45) is 0 Å². The molecule has 21 heavy (non-hydrogen) atoms. The van der Waals surface area contributed by atoms with Crippen LogP contribution in [0.15, 0.2) is 41.8 Å². The molecular weight excluding hydrogens is 296 g/mol. The molecule has 0 saturated carbocycles. The molecule has 110 valence electrons. The van der Waals surface area contributed by atoms with Crippen LogP contribution in [0, 0.1) is 10.1 Å². The molecule has 0 aliphatic heterocycles. The molecule has 3 N–H and O–H groups in total. The smallest absolute Gasteiger partial charge is 0.388 e. The van der Waals surface area contributed by atoms with Crippen molar-refractivity contribution in [1.82, 2.24) is 9.71 Å². The number of fused-ring (bicyclic) bond motifs is 1. The Bertz CT molecular complexity index is 833. The Hall–Kier alpha value is -2.52. The van der Waals surface area contributed by atoms with Crippen LogP contribution in [-0.4, -0.2) is 24.9 Å². The van der Waals surface area contributed by atoms with Crippen LogP contribution in [0.25, 0.3) is 10.9 Å². The van der Waals surface area contributed by atoms with Crippen molar-refractivity contribution in [1.29, 1.82) is 0 Å². The lowest BCUT2D eigenvalue weighted by atomic mass is 10.2. The normalized spacial score (nSPS) is 11.4. The number of hydrogen-bond donors (Lipinski definition) is 2. The van der Waals surface area contributed by atoms with Crippen molar-refractivity contribution in [3.63, 3.8) is 0 Å². The summed E-state index contributed by atoms with van der Waals surface area (Å²) in [5.41, 5.74) is 5.35. The molecule has 0 amide bonds. The van der Waals surface area contributed by atoms with Crippen molar-refractivity contribution in [3.8, 4) is 0 Å². The molecule has 0 spiro atoms. The first kappa shape index (κ1) is 14.9. The first-order valence-corrected chi connectivity index (χ1v) is 7.30. The number of nitro groups is 1. The van der Waals surface area contributed by atoms with Gasteiger partial charge in [0.25, 0.3) is 0 Å². The maximum Gasteiger partial charge on any atom is 0.388 e. The number of anilines is 1. The van der Waals surface area contributed by atoms with Crippen LogP contribution in [0.2, 0.25) is 0 Å². The van der Waals surface area contributed by atoms with Gasteiger partial charge in [0.05, 0.1) is 0 Å². The molecule has 2 rings (SSSR count). The van der Waals surface area contributed by atoms with E-state index in [0.29, 0.717) is 0 Å². The Balaban J connectivity index is 2.85. The Kier molecular flexibility index (Phi) is 3.87. The third kappa shape index (κ3) is 2.69. The van der Waals surface area contributed by atoms with Gasteiger partial charge in [0.15, 0.2) is 11.2 Å². The average Bonchev–Trinajstić information content (AvgIpc) is 2.43. The molecule has 0 saturated heterocycles. The summed E-state index contributed by atoms with van der Waals surface area (Å²) in [5, 5.41) is 11.2. The van der Waals surface area contributed by atoms with Crippen LogP contribution in [0.3, 0.4) is 0 Å². The van der Waals surface area contributed by atoms with Crippen LogP contribution in [-0.2, 0) is 10.0 Å². The van der Waals surface area contributed by atoms with E-state index >= 15 is 0 Å². The molecule has 0 unspecified atom stereocenters. The molecule has 0 fully saturated rings. The summed E-state index contributed by atoms with van der Waals surface area (Å²) in [6.45, 7) is 3.39. The maximum atomic E-state index is 12.3. The Labute approximate surface area is 120 Å². The quantitative estimate of drug-likeness (QED) is 0.485. The van der Waals surface area contributed by atoms with E-state index in [1.807, 2.05) is 0 Å². The van der Waals surface area contributed by atoms with Crippen LogP contribution < -0.4 is 10.5 Å². The van der Waals surface area contributed by atoms with Gasteiger partial charge in [-0.2, -0.15) is 0 Å². The van der Waals surface area contributed by atoms with Crippen molar-refractivity contribution < 1.29 is 13.3 Å². The fourth-order valence-electron chi connectivity index (χ4n) is 1.85. The second kappa shape index (κ2) is 5.46. The number of aromatic nitrogens is 1. The van der Waals surface area contributed by atoms with Gasteiger partial charge < -0.3 is 15.8 Å². The summed E-state index contributed by atoms with van der Waals surface area (Å²) < 4.78 is 26.9. The van der Waals surface area contributed by atoms with E-state index in [1.165, 1.54) is 18.2 Å². The molecule has 2 aromatic rings. The van der Waals surface area contributed by atoms with Crippen molar-refractivity contribution >= 4 is 32.4 Å². The van der Waals surface area contributed by atoms with Gasteiger partial charge in [0.1, 0.15) is 4.90 Å². The van der Waals surface area contributed by atoms with Gasteiger partial charge in [-0.25, -0.2) is 13.1 Å². The summed E-state index contributed by atoms with van der Waals surface area (Å²) in [4.78, 5) is 13.6. The summed E-state index contributed by atoms with van der Waals surface area (Å²) in [6, 6.07) is 6.17. The minimum Gasteiger partial charge on any atom is -0.391 e. The highest BCUT2D eigenvalue weighted by Crippen LogP contribution is 2.33. The number of hydrogen-bond acceptors (Lipinski definition) is 6. The van der Waals surface area contributed by atoms with Crippen molar-refractivity contribution in [3.05, 3.63) is 47.0 Å². The van der Waals surface area contributed by atoms with E-state index in [1.54, 1.807) is 12.1 Å². The second-order valence-corrected chi connectivity index (χ2v) is 5.80. The molecule has 9 heteroatoms. The zero-order valence-corrected chi connectivity index (χ0v) is 11.6. The SMILES string of the molecule is C=CCNS(=O)(=O)c1c(N)c([N+](=O)[O-])nc2ccccc12. The van der Waals surface area contributed by atoms with Crippen LogP contribution in [0.4, 0.5) is 11.5 Å². The Morgan fingerprint density at radius 1 is 1.43 bits per heavy atom. The lowest BCUT2D eigenvalue weighted by Gasteiger charge is -2.10. The van der Waals surface area contributed by atoms with Gasteiger partial charge in [-0.3, -0.25) is 0 Å². The highest BCUT2D eigenvalue weighted by molar-refractivity contribution is 7.90. The summed E-state index contributed by atoms with van der Waals surface area (Å²) in [6.07, 6.45) is 1.35. The van der Waals surface area contributed by atoms with Gasteiger partial charge >= 0.3 is 5.82 Å². The molecular formula is C12H12N4O4S. The third-order valence-electron chi connectivity index (χ3n) is 2.72. The van der Waals surface area contributed by atoms with Crippen LogP contribution in [0.5, 0.6) is 0 Å². The second-order valence-electron chi connectivity index (χ2n) is 4.09. The van der Waals surface area contributed by atoms with Crippen molar-refractivity contribution in [2.75, 3.05) is 12.3 Å². The number of benzene rings is 1. The zero-order valence-electron chi connectivity index (χ0n) is 10.8. The zero-order chi connectivity index (χ0) is 15.6. The fourth-order valence-corrected chi connectivity index (χ4v) is 3.18. The number of nitrogen functional groups attached to an aromatic ring is 1. The van der Waals surface area contributed by atoms with E-state index in [2.05, 4.69) is 16.3 Å². The number of rotatable bonds is 5. The van der Waals surface area contributed by atoms with Crippen molar-refractivity contribution in [2.45, 2.75) is 4.90 Å². The molecule has 0 radical (unpaired) electrons. The molecule has 0 atom stereocenters. The molecule has 8 nitrogen and oxygen atoms in total. The first-order chi connectivity index (χ1) is 9.88. The van der Waals surface area contributed by atoms with Gasteiger partial charge in [0.2, 0.25) is 10.0 Å². The molecule has 1 aromatic heterocycles. The summed E-state index contributed by atoms with van der Waals surface area (Å²) >= 11 is 0. The Morgan fingerprint density at radius 3 is 2.71 bits per heavy atom. The van der Waals surface area contributed by atoms with Gasteiger partial charge in [-0.05, 0) is 22.0 Å². The minimum atomic E-state index is -4.03. The predicted octanol–water partition coefficient (Wildman–Crippen LogP) is 1.19. The van der Waals surface area contributed by atoms with Gasteiger partial charge in [0, 0.05) is 11.9 Å². The molecule has 1 aromatic carbocycles. The van der Waals surface area contributed by atoms with Crippen LogP contribution >= 0.6 is 0 Å². The predicted molar refractivity (Wildman–Crippen MR) is 78.2 cm³/mol. The van der Waals surface area contributed by atoms with Gasteiger partial charge in [-0.15, -0.1) is 6.58 Å². The molecule has 0 aliphatic carbocycles. The van der Waals surface area contributed by atoms with E-state index in [0.717, 1.165) is 0 Å². The number of nitrogens with two attached hydrogens (primary N) is 1. The van der Waals surface area contributed by atoms with E-state index < -0.39 is 26.5 Å². The first-order valence-electron chi connectivity index (χ1n) is 5.81. The van der Waals surface area contributed by atoms with E-state index in [4.69, 9.17) is 5.73 Å². The number of nitrogens with zero attached hydrogens (tertiary/aromatic N) is 2. The Morgan fingerprint density at radius 2 is 2.10 bits per heavy atom. The van der Waals surface area contributed by atoms with E-state index in [-0.39, 0.29) is 22.3 Å². The maximum absolute atomic E-state index is 12.3. The highest BCUT2D eigenvalue weighted by Gasteiger charge is 2.29. The largest absolute Gasteiger partial charge is 0.391 e. The van der Waals surface area contributed by atoms with Gasteiger partial charge in [-0.1, -0.05) is 18.2 Å². The van der Waals surface area contributed by atoms with E-state index in [9.17, 15) is 18.5 Å². The fraction of sp³-hybridized carbons (Fsp3) is 0.0833. The molecule has 0 aliphatic rings. The third-order valence-corrected chi connectivity index (χ3v) is 4.24. The topological polar surface area (TPSA) is 128 Å². The summed E-state index contributed by atoms with van der Waals surface area (Å²) in [7, 11) is -4.03. The summed E-state index contributed by atoms with van der Waals surface area (Å²) in [5.74, 6) is -0.687. The minimum absolute atomic E-state index is 0.0216. The lowest BCUT2D eigenvalue weighted by molar-refractivity contribution is -0.388. The molecule has 1 heterocycles. The lowest BCUT2D eigenvalue weighted by Crippen LogP contribution is -2.25. The standard InChI is InChI=1S/C12H12N4O4S/c1-2-7-14-21(19,20)11-8-5-3-4-6-9(8)15-12(10(11)13)16(17)18/h2-6,14H,1,7,13H2.